The van der Waals surface area contributed by atoms with Crippen LogP contribution in [0.1, 0.15) is 10.4 Å². The molecule has 0 radical (unpaired) electrons. The minimum Gasteiger partial charge on any atom is -0.478 e. The largest absolute Gasteiger partial charge is 0.478 e. The van der Waals surface area contributed by atoms with Crippen LogP contribution < -0.4 is 5.73 Å². The van der Waals surface area contributed by atoms with E-state index in [0.29, 0.717) is 16.6 Å². The Kier molecular flexibility index (Phi) is 2.16. The van der Waals surface area contributed by atoms with Crippen molar-refractivity contribution >= 4 is 33.5 Å². The molecule has 0 atom stereocenters. The van der Waals surface area contributed by atoms with Crippen LogP contribution in [0.2, 0.25) is 0 Å². The molecule has 4 nitrogen and oxygen atoms in total. The first kappa shape index (κ1) is 10.5. The van der Waals surface area contributed by atoms with Gasteiger partial charge in [-0.2, -0.15) is 0 Å². The Morgan fingerprint density at radius 2 is 1.94 bits per heavy atom. The van der Waals surface area contributed by atoms with Gasteiger partial charge in [0.1, 0.15) is 0 Å². The number of hydrogen-bond acceptors (Lipinski definition) is 3. The highest BCUT2D eigenvalue weighted by molar-refractivity contribution is 6.09. The predicted octanol–water partition coefficient (Wildman–Crippen LogP) is 2.67. The maximum absolute atomic E-state index is 11.2. The number of fused-ring (bicyclic) bond motifs is 2. The zero-order chi connectivity index (χ0) is 12.7. The normalized spacial score (nSPS) is 10.9. The van der Waals surface area contributed by atoms with E-state index in [1.54, 1.807) is 6.07 Å². The number of pyridine rings is 1. The molecule has 0 saturated heterocycles. The second-order valence-corrected chi connectivity index (χ2v) is 4.08. The maximum Gasteiger partial charge on any atom is 0.336 e. The number of carboxylic acids is 1. The summed E-state index contributed by atoms with van der Waals surface area (Å²) in [4.78, 5) is 15.6. The summed E-state index contributed by atoms with van der Waals surface area (Å²) in [6, 6.07) is 12.5. The summed E-state index contributed by atoms with van der Waals surface area (Å²) >= 11 is 0. The molecule has 0 unspecified atom stereocenters. The summed E-state index contributed by atoms with van der Waals surface area (Å²) in [5.41, 5.74) is 7.91. The number of nitrogens with two attached hydrogens (primary N) is 1. The molecule has 0 aliphatic carbocycles. The van der Waals surface area contributed by atoms with Crippen molar-refractivity contribution in [2.45, 2.75) is 0 Å². The minimum absolute atomic E-state index is 0.220. The number of carbonyl (C=O) groups is 1. The predicted molar refractivity (Wildman–Crippen MR) is 70.6 cm³/mol. The van der Waals surface area contributed by atoms with Crippen LogP contribution in [0.4, 0.5) is 5.69 Å². The topological polar surface area (TPSA) is 76.2 Å². The molecule has 0 bridgehead atoms. The summed E-state index contributed by atoms with van der Waals surface area (Å²) in [6.45, 7) is 0. The molecule has 0 aliphatic heterocycles. The number of anilines is 1. The van der Waals surface area contributed by atoms with E-state index < -0.39 is 5.97 Å². The first-order valence-electron chi connectivity index (χ1n) is 5.48. The third-order valence-corrected chi connectivity index (χ3v) is 2.95. The average Bonchev–Trinajstić information content (AvgIpc) is 2.37. The molecular weight excluding hydrogens is 228 g/mol. The van der Waals surface area contributed by atoms with Crippen molar-refractivity contribution in [1.82, 2.24) is 4.98 Å². The molecule has 0 amide bonds. The SMILES string of the molecule is Nc1ccc(C(=O)O)c2cc3ccccc3nc12. The Morgan fingerprint density at radius 1 is 1.17 bits per heavy atom. The Balaban J connectivity index is 2.52. The molecule has 3 aromatic rings. The lowest BCUT2D eigenvalue weighted by molar-refractivity contribution is 0.0699. The molecule has 1 aromatic heterocycles. The lowest BCUT2D eigenvalue weighted by Gasteiger charge is -2.06. The highest BCUT2D eigenvalue weighted by Crippen LogP contribution is 2.26. The number of hydrogen-bond donors (Lipinski definition) is 2. The highest BCUT2D eigenvalue weighted by atomic mass is 16.4. The van der Waals surface area contributed by atoms with Crippen molar-refractivity contribution in [3.05, 3.63) is 48.0 Å². The standard InChI is InChI=1S/C14H10N2O2/c15-11-6-5-9(14(17)18)10-7-8-3-1-2-4-12(8)16-13(10)11/h1-7H,15H2,(H,17,18). The Bertz CT molecular complexity index is 781. The first-order valence-corrected chi connectivity index (χ1v) is 5.48. The average molecular weight is 238 g/mol. The van der Waals surface area contributed by atoms with Gasteiger partial charge in [0, 0.05) is 10.8 Å². The van der Waals surface area contributed by atoms with Gasteiger partial charge in [-0.15, -0.1) is 0 Å². The van der Waals surface area contributed by atoms with Crippen molar-refractivity contribution < 1.29 is 9.90 Å². The fraction of sp³-hybridized carbons (Fsp3) is 0. The van der Waals surface area contributed by atoms with Crippen LogP contribution in [-0.4, -0.2) is 16.1 Å². The molecular formula is C14H10N2O2. The number of nitrogens with zero attached hydrogens (tertiary/aromatic N) is 1. The molecule has 88 valence electrons. The van der Waals surface area contributed by atoms with Crippen LogP contribution in [0.25, 0.3) is 21.8 Å². The van der Waals surface area contributed by atoms with Crippen molar-refractivity contribution in [1.29, 1.82) is 0 Å². The van der Waals surface area contributed by atoms with Gasteiger partial charge in [0.05, 0.1) is 22.3 Å². The number of benzene rings is 2. The van der Waals surface area contributed by atoms with E-state index in [0.717, 1.165) is 10.9 Å². The van der Waals surface area contributed by atoms with Crippen molar-refractivity contribution in [2.24, 2.45) is 0 Å². The molecule has 4 heteroatoms. The van der Waals surface area contributed by atoms with E-state index in [1.165, 1.54) is 6.07 Å². The zero-order valence-electron chi connectivity index (χ0n) is 9.42. The Morgan fingerprint density at radius 3 is 2.72 bits per heavy atom. The van der Waals surface area contributed by atoms with Crippen LogP contribution in [-0.2, 0) is 0 Å². The molecule has 0 aliphatic rings. The van der Waals surface area contributed by atoms with E-state index >= 15 is 0 Å². The number of para-hydroxylation sites is 1. The summed E-state index contributed by atoms with van der Waals surface area (Å²) in [6.07, 6.45) is 0. The smallest absolute Gasteiger partial charge is 0.336 e. The number of rotatable bonds is 1. The highest BCUT2D eigenvalue weighted by Gasteiger charge is 2.12. The van der Waals surface area contributed by atoms with Gasteiger partial charge in [-0.05, 0) is 24.3 Å². The van der Waals surface area contributed by atoms with Crippen molar-refractivity contribution in [3.8, 4) is 0 Å². The van der Waals surface area contributed by atoms with Crippen LogP contribution in [0.5, 0.6) is 0 Å². The number of carboxylic acid groups (broad SMARTS) is 1. The molecule has 3 N–H and O–H groups in total. The molecule has 1 heterocycles. The number of aromatic nitrogens is 1. The molecule has 0 fully saturated rings. The lowest BCUT2D eigenvalue weighted by atomic mass is 10.0. The molecule has 2 aromatic carbocycles. The summed E-state index contributed by atoms with van der Waals surface area (Å²) in [5, 5.41) is 10.6. The number of aromatic carboxylic acids is 1. The molecule has 18 heavy (non-hydrogen) atoms. The second kappa shape index (κ2) is 3.70. The minimum atomic E-state index is -0.975. The van der Waals surface area contributed by atoms with Gasteiger partial charge in [-0.1, -0.05) is 18.2 Å². The molecule has 3 rings (SSSR count). The van der Waals surface area contributed by atoms with Crippen LogP contribution in [0, 0.1) is 0 Å². The Hall–Kier alpha value is -2.62. The third kappa shape index (κ3) is 1.47. The van der Waals surface area contributed by atoms with Gasteiger partial charge in [0.15, 0.2) is 0 Å². The molecule has 0 spiro atoms. The molecule has 0 saturated carbocycles. The van der Waals surface area contributed by atoms with Gasteiger partial charge in [-0.3, -0.25) is 0 Å². The fourth-order valence-corrected chi connectivity index (χ4v) is 2.07. The fourth-order valence-electron chi connectivity index (χ4n) is 2.07. The van der Waals surface area contributed by atoms with Crippen molar-refractivity contribution in [3.63, 3.8) is 0 Å². The second-order valence-electron chi connectivity index (χ2n) is 4.08. The van der Waals surface area contributed by atoms with Crippen molar-refractivity contribution in [2.75, 3.05) is 5.73 Å². The quantitative estimate of drug-likeness (QED) is 0.504. The maximum atomic E-state index is 11.2. The third-order valence-electron chi connectivity index (χ3n) is 2.95. The first-order chi connectivity index (χ1) is 8.66. The summed E-state index contributed by atoms with van der Waals surface area (Å²) in [5.74, 6) is -0.975. The monoisotopic (exact) mass is 238 g/mol. The van der Waals surface area contributed by atoms with Crippen LogP contribution in [0.15, 0.2) is 42.5 Å². The van der Waals surface area contributed by atoms with Gasteiger partial charge in [0.2, 0.25) is 0 Å². The Labute approximate surface area is 103 Å². The van der Waals surface area contributed by atoms with Gasteiger partial charge in [0.25, 0.3) is 0 Å². The van der Waals surface area contributed by atoms with E-state index in [2.05, 4.69) is 4.98 Å². The zero-order valence-corrected chi connectivity index (χ0v) is 9.42. The van der Waals surface area contributed by atoms with E-state index in [-0.39, 0.29) is 5.56 Å². The van der Waals surface area contributed by atoms with Crippen LogP contribution in [0.3, 0.4) is 0 Å². The summed E-state index contributed by atoms with van der Waals surface area (Å²) < 4.78 is 0. The van der Waals surface area contributed by atoms with Gasteiger partial charge in [-0.25, -0.2) is 9.78 Å². The van der Waals surface area contributed by atoms with E-state index in [9.17, 15) is 9.90 Å². The van der Waals surface area contributed by atoms with Gasteiger partial charge < -0.3 is 10.8 Å². The van der Waals surface area contributed by atoms with Crippen LogP contribution >= 0.6 is 0 Å². The summed E-state index contributed by atoms with van der Waals surface area (Å²) in [7, 11) is 0. The van der Waals surface area contributed by atoms with E-state index in [4.69, 9.17) is 5.73 Å². The number of nitrogen functional groups attached to an aromatic ring is 1. The lowest BCUT2D eigenvalue weighted by Crippen LogP contribution is -2.00. The van der Waals surface area contributed by atoms with E-state index in [1.807, 2.05) is 30.3 Å². The van der Waals surface area contributed by atoms with Gasteiger partial charge >= 0.3 is 5.97 Å².